The van der Waals surface area contributed by atoms with E-state index in [4.69, 9.17) is 16.3 Å². The topological polar surface area (TPSA) is 67.4 Å². The lowest BCUT2D eigenvalue weighted by Gasteiger charge is -2.16. The minimum atomic E-state index is -0.602. The molecule has 0 unspecified atom stereocenters. The van der Waals surface area contributed by atoms with Crippen molar-refractivity contribution in [1.82, 2.24) is 10.9 Å². The van der Waals surface area contributed by atoms with Crippen LogP contribution in [0.2, 0.25) is 5.02 Å². The van der Waals surface area contributed by atoms with Gasteiger partial charge in [-0.2, -0.15) is 0 Å². The lowest BCUT2D eigenvalue weighted by molar-refractivity contribution is -0.131. The molecular weight excluding hydrogens is 340 g/mol. The highest BCUT2D eigenvalue weighted by Gasteiger charge is 2.51. The fourth-order valence-electron chi connectivity index (χ4n) is 2.69. The van der Waals surface area contributed by atoms with Gasteiger partial charge in [-0.05, 0) is 55.2 Å². The third-order valence-corrected chi connectivity index (χ3v) is 4.47. The monoisotopic (exact) mass is 358 g/mol. The second kappa shape index (κ2) is 7.15. The molecule has 130 valence electrons. The van der Waals surface area contributed by atoms with Crippen molar-refractivity contribution in [1.29, 1.82) is 0 Å². The molecule has 0 aromatic heterocycles. The number of carbonyl (C=O) groups is 2. The molecule has 1 fully saturated rings. The van der Waals surface area contributed by atoms with Crippen LogP contribution in [0.15, 0.2) is 48.5 Å². The van der Waals surface area contributed by atoms with E-state index in [0.29, 0.717) is 10.8 Å². The van der Waals surface area contributed by atoms with Crippen LogP contribution in [0, 0.1) is 6.92 Å². The number of hydrogen-bond acceptors (Lipinski definition) is 3. The van der Waals surface area contributed by atoms with Crippen LogP contribution in [0.4, 0.5) is 0 Å². The highest BCUT2D eigenvalue weighted by Crippen LogP contribution is 2.48. The number of hydrogen-bond donors (Lipinski definition) is 2. The lowest BCUT2D eigenvalue weighted by Crippen LogP contribution is -2.48. The van der Waals surface area contributed by atoms with Crippen LogP contribution in [0.1, 0.15) is 24.0 Å². The normalized spacial score (nSPS) is 14.5. The van der Waals surface area contributed by atoms with Gasteiger partial charge in [-0.15, -0.1) is 0 Å². The largest absolute Gasteiger partial charge is 0.484 e. The van der Waals surface area contributed by atoms with Crippen LogP contribution in [0.25, 0.3) is 0 Å². The second-order valence-corrected chi connectivity index (χ2v) is 6.64. The summed E-state index contributed by atoms with van der Waals surface area (Å²) in [4.78, 5) is 24.3. The van der Waals surface area contributed by atoms with Crippen LogP contribution in [0.5, 0.6) is 5.75 Å². The van der Waals surface area contributed by atoms with Crippen molar-refractivity contribution in [2.45, 2.75) is 25.2 Å². The Balaban J connectivity index is 1.51. The zero-order valence-electron chi connectivity index (χ0n) is 13.8. The molecule has 5 nitrogen and oxygen atoms in total. The van der Waals surface area contributed by atoms with Gasteiger partial charge >= 0.3 is 0 Å². The van der Waals surface area contributed by atoms with E-state index in [2.05, 4.69) is 10.9 Å². The maximum atomic E-state index is 12.5. The van der Waals surface area contributed by atoms with E-state index in [0.717, 1.165) is 24.0 Å². The number of hydrazine groups is 1. The molecule has 3 rings (SSSR count). The summed E-state index contributed by atoms with van der Waals surface area (Å²) >= 11 is 6.00. The fraction of sp³-hybridized carbons (Fsp3) is 0.263. The molecule has 2 aromatic rings. The Morgan fingerprint density at radius 1 is 1.12 bits per heavy atom. The van der Waals surface area contributed by atoms with Crippen molar-refractivity contribution in [2.75, 3.05) is 6.61 Å². The first kappa shape index (κ1) is 17.3. The van der Waals surface area contributed by atoms with Crippen molar-refractivity contribution < 1.29 is 14.3 Å². The molecule has 0 atom stereocenters. The third kappa shape index (κ3) is 4.12. The summed E-state index contributed by atoms with van der Waals surface area (Å²) in [5.41, 5.74) is 6.20. The average molecular weight is 359 g/mol. The summed E-state index contributed by atoms with van der Waals surface area (Å²) in [6.07, 6.45) is 1.46. The molecule has 1 aliphatic carbocycles. The minimum Gasteiger partial charge on any atom is -0.484 e. The molecule has 6 heteroatoms. The fourth-order valence-corrected chi connectivity index (χ4v) is 2.88. The van der Waals surface area contributed by atoms with Crippen molar-refractivity contribution in [3.8, 4) is 5.75 Å². The number of rotatable bonds is 5. The van der Waals surface area contributed by atoms with Gasteiger partial charge in [0.15, 0.2) is 6.61 Å². The predicted molar refractivity (Wildman–Crippen MR) is 95.3 cm³/mol. The van der Waals surface area contributed by atoms with Gasteiger partial charge in [0.1, 0.15) is 5.75 Å². The summed E-state index contributed by atoms with van der Waals surface area (Å²) in [7, 11) is 0. The van der Waals surface area contributed by atoms with Crippen LogP contribution in [-0.4, -0.2) is 18.4 Å². The van der Waals surface area contributed by atoms with Gasteiger partial charge in [0.25, 0.3) is 5.91 Å². The van der Waals surface area contributed by atoms with Crippen LogP contribution in [0.3, 0.4) is 0 Å². The Morgan fingerprint density at radius 2 is 1.88 bits per heavy atom. The predicted octanol–water partition coefficient (Wildman–Crippen LogP) is 2.91. The summed E-state index contributed by atoms with van der Waals surface area (Å²) in [6, 6.07) is 14.7. The molecule has 1 aliphatic rings. The summed E-state index contributed by atoms with van der Waals surface area (Å²) in [5.74, 6) is -0.0468. The van der Waals surface area contributed by atoms with E-state index in [1.54, 1.807) is 18.2 Å². The smallest absolute Gasteiger partial charge is 0.276 e. The first-order valence-electron chi connectivity index (χ1n) is 8.04. The van der Waals surface area contributed by atoms with Gasteiger partial charge in [0.2, 0.25) is 5.91 Å². The zero-order valence-corrected chi connectivity index (χ0v) is 14.6. The molecule has 0 heterocycles. The van der Waals surface area contributed by atoms with E-state index in [1.165, 1.54) is 0 Å². The van der Waals surface area contributed by atoms with Crippen LogP contribution >= 0.6 is 11.6 Å². The molecular formula is C19H19ClN2O3. The standard InChI is InChI=1S/C19H19ClN2O3/c1-13-4-2-7-16(10-13)25-12-17(23)21-22-18(24)19(8-9-19)14-5-3-6-15(20)11-14/h2-7,10-11H,8-9,12H2,1H3,(H,21,23)(H,22,24). The molecule has 0 saturated heterocycles. The van der Waals surface area contributed by atoms with E-state index in [1.807, 2.05) is 37.3 Å². The van der Waals surface area contributed by atoms with Crippen molar-refractivity contribution in [2.24, 2.45) is 0 Å². The van der Waals surface area contributed by atoms with Gasteiger partial charge in [-0.25, -0.2) is 0 Å². The van der Waals surface area contributed by atoms with Crippen LogP contribution < -0.4 is 15.6 Å². The Labute approximate surface area is 151 Å². The molecule has 25 heavy (non-hydrogen) atoms. The first-order valence-corrected chi connectivity index (χ1v) is 8.42. The van der Waals surface area contributed by atoms with Gasteiger partial charge in [-0.3, -0.25) is 20.4 Å². The Bertz CT molecular complexity index is 803. The van der Waals surface area contributed by atoms with Gasteiger partial charge in [0, 0.05) is 5.02 Å². The molecule has 2 amide bonds. The Hall–Kier alpha value is -2.53. The highest BCUT2D eigenvalue weighted by molar-refractivity contribution is 6.30. The number of nitrogens with one attached hydrogen (secondary N) is 2. The van der Waals surface area contributed by atoms with Crippen molar-refractivity contribution in [3.05, 3.63) is 64.7 Å². The molecule has 0 bridgehead atoms. The molecule has 1 saturated carbocycles. The van der Waals surface area contributed by atoms with Gasteiger partial charge in [-0.1, -0.05) is 35.9 Å². The van der Waals surface area contributed by atoms with E-state index in [9.17, 15) is 9.59 Å². The number of benzene rings is 2. The molecule has 0 aliphatic heterocycles. The number of ether oxygens (including phenoxy) is 1. The number of aryl methyl sites for hydroxylation is 1. The van der Waals surface area contributed by atoms with Gasteiger partial charge < -0.3 is 4.74 Å². The summed E-state index contributed by atoms with van der Waals surface area (Å²) < 4.78 is 5.40. The minimum absolute atomic E-state index is 0.173. The highest BCUT2D eigenvalue weighted by atomic mass is 35.5. The van der Waals surface area contributed by atoms with E-state index in [-0.39, 0.29) is 12.5 Å². The molecule has 0 radical (unpaired) electrons. The van der Waals surface area contributed by atoms with E-state index < -0.39 is 11.3 Å². The summed E-state index contributed by atoms with van der Waals surface area (Å²) in [5, 5.41) is 0.590. The maximum absolute atomic E-state index is 12.5. The Kier molecular flexibility index (Phi) is 4.95. The second-order valence-electron chi connectivity index (χ2n) is 6.20. The number of halogens is 1. The first-order chi connectivity index (χ1) is 12.0. The van der Waals surface area contributed by atoms with Gasteiger partial charge in [0.05, 0.1) is 5.41 Å². The zero-order chi connectivity index (χ0) is 17.9. The molecule has 2 aromatic carbocycles. The quantitative estimate of drug-likeness (QED) is 0.807. The van der Waals surface area contributed by atoms with Crippen molar-refractivity contribution in [3.63, 3.8) is 0 Å². The SMILES string of the molecule is Cc1cccc(OCC(=O)NNC(=O)C2(c3cccc(Cl)c3)CC2)c1. The molecule has 2 N–H and O–H groups in total. The number of carbonyl (C=O) groups excluding carboxylic acids is 2. The average Bonchev–Trinajstić information content (AvgIpc) is 3.40. The van der Waals surface area contributed by atoms with Crippen LogP contribution in [-0.2, 0) is 15.0 Å². The Morgan fingerprint density at radius 3 is 2.56 bits per heavy atom. The third-order valence-electron chi connectivity index (χ3n) is 4.24. The lowest BCUT2D eigenvalue weighted by atomic mass is 9.95. The molecule has 0 spiro atoms. The maximum Gasteiger partial charge on any atom is 0.276 e. The van der Waals surface area contributed by atoms with E-state index >= 15 is 0 Å². The van der Waals surface area contributed by atoms with Crippen molar-refractivity contribution >= 4 is 23.4 Å². The number of amides is 2. The summed E-state index contributed by atoms with van der Waals surface area (Å²) in [6.45, 7) is 1.77.